The number of aromatic amines is 1. The second kappa shape index (κ2) is 6.58. The van der Waals surface area contributed by atoms with Crippen molar-refractivity contribution in [1.29, 1.82) is 0 Å². The van der Waals surface area contributed by atoms with E-state index in [0.717, 1.165) is 12.1 Å². The Labute approximate surface area is 106 Å². The lowest BCUT2D eigenvalue weighted by atomic mass is 10.1. The lowest BCUT2D eigenvalue weighted by Gasteiger charge is -2.24. The molecule has 0 aliphatic carbocycles. The Morgan fingerprint density at radius 1 is 1.71 bits per heavy atom. The van der Waals surface area contributed by atoms with Gasteiger partial charge < -0.3 is 15.4 Å². The van der Waals surface area contributed by atoms with Crippen LogP contribution in [0.15, 0.2) is 12.4 Å². The van der Waals surface area contributed by atoms with Crippen LogP contribution in [0.5, 0.6) is 0 Å². The zero-order chi connectivity index (χ0) is 11.4. The molecule has 3 N–H and O–H groups in total. The first-order chi connectivity index (χ1) is 7.77. The fourth-order valence-corrected chi connectivity index (χ4v) is 1.63. The minimum atomic E-state index is -0.247. The van der Waals surface area contributed by atoms with E-state index >= 15 is 0 Å². The molecule has 17 heavy (non-hydrogen) atoms. The van der Waals surface area contributed by atoms with Crippen molar-refractivity contribution in [1.82, 2.24) is 20.8 Å². The maximum Gasteiger partial charge on any atom is 0.240 e. The number of rotatable bonds is 3. The minimum Gasteiger partial charge on any atom is -0.378 e. The summed E-state index contributed by atoms with van der Waals surface area (Å²) in [6.07, 6.45) is 3.48. The molecule has 0 bridgehead atoms. The molecule has 1 saturated heterocycles. The predicted molar refractivity (Wildman–Crippen MR) is 65.0 cm³/mol. The van der Waals surface area contributed by atoms with Gasteiger partial charge in [-0.05, 0) is 6.92 Å². The number of aromatic nitrogens is 2. The van der Waals surface area contributed by atoms with Gasteiger partial charge in [0.1, 0.15) is 6.04 Å². The highest BCUT2D eigenvalue weighted by molar-refractivity contribution is 5.85. The smallest absolute Gasteiger partial charge is 0.240 e. The molecule has 2 atom stereocenters. The summed E-state index contributed by atoms with van der Waals surface area (Å²) in [6.45, 7) is 3.75. The predicted octanol–water partition coefficient (Wildman–Crippen LogP) is -0.00290. The summed E-state index contributed by atoms with van der Waals surface area (Å²) in [6, 6.07) is -0.293. The van der Waals surface area contributed by atoms with Crippen molar-refractivity contribution >= 4 is 18.3 Å². The Kier molecular flexibility index (Phi) is 5.40. The van der Waals surface area contributed by atoms with Gasteiger partial charge in [0.15, 0.2) is 0 Å². The van der Waals surface area contributed by atoms with Crippen molar-refractivity contribution < 1.29 is 9.53 Å². The fourth-order valence-electron chi connectivity index (χ4n) is 1.63. The Morgan fingerprint density at radius 2 is 2.53 bits per heavy atom. The van der Waals surface area contributed by atoms with E-state index in [2.05, 4.69) is 20.8 Å². The van der Waals surface area contributed by atoms with Crippen molar-refractivity contribution in [2.75, 3.05) is 19.8 Å². The van der Waals surface area contributed by atoms with E-state index in [1.807, 2.05) is 6.92 Å². The van der Waals surface area contributed by atoms with Gasteiger partial charge >= 0.3 is 0 Å². The molecule has 2 heterocycles. The van der Waals surface area contributed by atoms with Gasteiger partial charge in [-0.15, -0.1) is 12.4 Å². The maximum atomic E-state index is 11.8. The minimum absolute atomic E-state index is 0. The van der Waals surface area contributed by atoms with Crippen LogP contribution in [-0.4, -0.2) is 41.9 Å². The monoisotopic (exact) mass is 260 g/mol. The van der Waals surface area contributed by atoms with Crippen molar-refractivity contribution in [2.24, 2.45) is 0 Å². The number of morpholine rings is 1. The van der Waals surface area contributed by atoms with Gasteiger partial charge in [-0.3, -0.25) is 9.89 Å². The lowest BCUT2D eigenvalue weighted by Crippen LogP contribution is -2.51. The number of H-pyrrole nitrogens is 1. The number of carbonyl (C=O) groups is 1. The van der Waals surface area contributed by atoms with Gasteiger partial charge in [0.2, 0.25) is 5.91 Å². The third-order valence-corrected chi connectivity index (χ3v) is 2.62. The summed E-state index contributed by atoms with van der Waals surface area (Å²) < 4.78 is 5.23. The van der Waals surface area contributed by atoms with Gasteiger partial charge in [0.25, 0.3) is 0 Å². The molecule has 1 fully saturated rings. The third-order valence-electron chi connectivity index (χ3n) is 2.62. The second-order valence-corrected chi connectivity index (χ2v) is 3.84. The normalized spacial score (nSPS) is 21.4. The third kappa shape index (κ3) is 3.69. The Morgan fingerprint density at radius 3 is 3.12 bits per heavy atom. The summed E-state index contributed by atoms with van der Waals surface area (Å²) >= 11 is 0. The molecule has 0 radical (unpaired) electrons. The van der Waals surface area contributed by atoms with Gasteiger partial charge in [-0.25, -0.2) is 0 Å². The van der Waals surface area contributed by atoms with Crippen molar-refractivity contribution in [3.05, 3.63) is 18.0 Å². The molecule has 0 saturated carbocycles. The fraction of sp³-hybridized carbons (Fsp3) is 0.600. The lowest BCUT2D eigenvalue weighted by molar-refractivity contribution is -0.126. The number of carbonyl (C=O) groups excluding carboxylic acids is 1. The highest BCUT2D eigenvalue weighted by Crippen LogP contribution is 2.09. The van der Waals surface area contributed by atoms with Gasteiger partial charge in [-0.2, -0.15) is 5.10 Å². The molecule has 2 rings (SSSR count). The van der Waals surface area contributed by atoms with Crippen LogP contribution in [0.3, 0.4) is 0 Å². The van der Waals surface area contributed by atoms with Crippen molar-refractivity contribution in [3.63, 3.8) is 0 Å². The van der Waals surface area contributed by atoms with E-state index in [9.17, 15) is 4.79 Å². The molecular weight excluding hydrogens is 244 g/mol. The SMILES string of the molecule is CC(NC(=O)C1COCCN1)c1cn[nH]c1.Cl. The number of halogens is 1. The molecule has 1 aliphatic heterocycles. The average molecular weight is 261 g/mol. The standard InChI is InChI=1S/C10H16N4O2.ClH/c1-7(8-4-12-13-5-8)14-10(15)9-6-16-3-2-11-9;/h4-5,7,9,11H,2-3,6H2,1H3,(H,12,13)(H,14,15);1H. The summed E-state index contributed by atoms with van der Waals surface area (Å²) in [4.78, 5) is 11.8. The Balaban J connectivity index is 0.00000144. The molecule has 6 nitrogen and oxygen atoms in total. The van der Waals surface area contributed by atoms with E-state index in [1.165, 1.54) is 0 Å². The number of ether oxygens (including phenoxy) is 1. The van der Waals surface area contributed by atoms with Crippen LogP contribution in [0.4, 0.5) is 0 Å². The highest BCUT2D eigenvalue weighted by atomic mass is 35.5. The largest absolute Gasteiger partial charge is 0.378 e. The molecule has 1 aromatic heterocycles. The van der Waals surface area contributed by atoms with Crippen LogP contribution in [0, 0.1) is 0 Å². The molecule has 1 amide bonds. The first-order valence-electron chi connectivity index (χ1n) is 5.37. The molecule has 1 aromatic rings. The Bertz CT molecular complexity index is 338. The van der Waals surface area contributed by atoms with Crippen molar-refractivity contribution in [2.45, 2.75) is 19.0 Å². The molecule has 0 spiro atoms. The van der Waals surface area contributed by atoms with Gasteiger partial charge in [0.05, 0.1) is 25.5 Å². The quantitative estimate of drug-likeness (QED) is 0.715. The van der Waals surface area contributed by atoms with Gasteiger partial charge in [0, 0.05) is 18.3 Å². The molecule has 7 heteroatoms. The highest BCUT2D eigenvalue weighted by Gasteiger charge is 2.22. The average Bonchev–Trinajstić information content (AvgIpc) is 2.83. The van der Waals surface area contributed by atoms with Gasteiger partial charge in [-0.1, -0.05) is 0 Å². The van der Waals surface area contributed by atoms with Crippen LogP contribution >= 0.6 is 12.4 Å². The zero-order valence-corrected chi connectivity index (χ0v) is 10.4. The van der Waals surface area contributed by atoms with Crippen LogP contribution in [0.2, 0.25) is 0 Å². The summed E-state index contributed by atoms with van der Waals surface area (Å²) in [7, 11) is 0. The zero-order valence-electron chi connectivity index (χ0n) is 9.60. The number of amides is 1. The molecule has 1 aliphatic rings. The topological polar surface area (TPSA) is 79.0 Å². The number of hydrogen-bond donors (Lipinski definition) is 3. The van der Waals surface area contributed by atoms with Crippen LogP contribution in [0.1, 0.15) is 18.5 Å². The summed E-state index contributed by atoms with van der Waals surface area (Å²) in [5.41, 5.74) is 0.963. The van der Waals surface area contributed by atoms with Crippen LogP contribution in [0.25, 0.3) is 0 Å². The van der Waals surface area contributed by atoms with Crippen LogP contribution < -0.4 is 10.6 Å². The van der Waals surface area contributed by atoms with E-state index in [0.29, 0.717) is 13.2 Å². The first kappa shape index (κ1) is 14.0. The molecule has 96 valence electrons. The Hall–Kier alpha value is -1.11. The number of hydrogen-bond acceptors (Lipinski definition) is 4. The van der Waals surface area contributed by atoms with E-state index in [1.54, 1.807) is 12.4 Å². The molecule has 2 unspecified atom stereocenters. The number of nitrogens with zero attached hydrogens (tertiary/aromatic N) is 1. The first-order valence-corrected chi connectivity index (χ1v) is 5.37. The van der Waals surface area contributed by atoms with E-state index in [4.69, 9.17) is 4.74 Å². The second-order valence-electron chi connectivity index (χ2n) is 3.84. The summed E-state index contributed by atoms with van der Waals surface area (Å²) in [5.74, 6) is -0.0339. The van der Waals surface area contributed by atoms with Crippen molar-refractivity contribution in [3.8, 4) is 0 Å². The van der Waals surface area contributed by atoms with E-state index < -0.39 is 0 Å². The molecule has 0 aromatic carbocycles. The summed E-state index contributed by atoms with van der Waals surface area (Å²) in [5, 5.41) is 12.6. The van der Waals surface area contributed by atoms with Crippen LogP contribution in [-0.2, 0) is 9.53 Å². The molecular formula is C10H17ClN4O2. The number of nitrogens with one attached hydrogen (secondary N) is 3. The maximum absolute atomic E-state index is 11.8. The van der Waals surface area contributed by atoms with E-state index in [-0.39, 0.29) is 30.4 Å².